The Labute approximate surface area is 119 Å². The third-order valence-electron chi connectivity index (χ3n) is 4.08. The predicted octanol–water partition coefficient (Wildman–Crippen LogP) is 3.75. The highest BCUT2D eigenvalue weighted by molar-refractivity contribution is 5.57. The minimum absolute atomic E-state index is 0.209. The number of benzene rings is 2. The number of halogens is 1. The second-order valence-corrected chi connectivity index (χ2v) is 5.50. The van der Waals surface area contributed by atoms with Crippen LogP contribution in [0.3, 0.4) is 0 Å². The van der Waals surface area contributed by atoms with Gasteiger partial charge in [0.1, 0.15) is 5.82 Å². The maximum atomic E-state index is 13.6. The van der Waals surface area contributed by atoms with Crippen molar-refractivity contribution in [1.29, 1.82) is 0 Å². The largest absolute Gasteiger partial charge is 0.396 e. The first kappa shape index (κ1) is 13.0. The molecule has 0 radical (unpaired) electrons. The molecule has 0 fully saturated rings. The van der Waals surface area contributed by atoms with Crippen LogP contribution in [0.2, 0.25) is 0 Å². The van der Waals surface area contributed by atoms with Gasteiger partial charge < -0.3 is 10.6 Å². The Balaban J connectivity index is 1.91. The molecule has 1 atom stereocenters. The van der Waals surface area contributed by atoms with E-state index in [1.54, 1.807) is 12.1 Å². The van der Waals surface area contributed by atoms with Gasteiger partial charge in [-0.2, -0.15) is 0 Å². The van der Waals surface area contributed by atoms with Crippen LogP contribution in [-0.4, -0.2) is 6.04 Å². The fourth-order valence-corrected chi connectivity index (χ4v) is 2.87. The number of fused-ring (bicyclic) bond motifs is 1. The van der Waals surface area contributed by atoms with Crippen molar-refractivity contribution in [3.63, 3.8) is 0 Å². The maximum Gasteiger partial charge on any atom is 0.146 e. The molecule has 1 unspecified atom stereocenters. The smallest absolute Gasteiger partial charge is 0.146 e. The zero-order valence-corrected chi connectivity index (χ0v) is 11.6. The highest BCUT2D eigenvalue weighted by atomic mass is 19.1. The molecule has 1 aliphatic rings. The molecule has 0 saturated carbocycles. The summed E-state index contributed by atoms with van der Waals surface area (Å²) >= 11 is 0. The average molecular weight is 270 g/mol. The fourth-order valence-electron chi connectivity index (χ4n) is 2.87. The molecule has 1 heterocycles. The van der Waals surface area contributed by atoms with Crippen molar-refractivity contribution < 1.29 is 4.39 Å². The van der Waals surface area contributed by atoms with E-state index in [4.69, 9.17) is 5.73 Å². The van der Waals surface area contributed by atoms with Crippen LogP contribution in [0.25, 0.3) is 0 Å². The van der Waals surface area contributed by atoms with Gasteiger partial charge in [-0.3, -0.25) is 0 Å². The molecule has 0 saturated heterocycles. The van der Waals surface area contributed by atoms with Crippen molar-refractivity contribution in [3.05, 3.63) is 59.4 Å². The molecule has 104 valence electrons. The number of rotatable bonds is 2. The zero-order valence-electron chi connectivity index (χ0n) is 11.6. The molecule has 0 bridgehead atoms. The van der Waals surface area contributed by atoms with Crippen molar-refractivity contribution in [1.82, 2.24) is 0 Å². The molecule has 2 N–H and O–H groups in total. The SMILES string of the molecule is CC1CCc2ccccc2N1Cc1ccc(N)c(F)c1. The Bertz CT molecular complexity index is 624. The van der Waals surface area contributed by atoms with Gasteiger partial charge in [0.15, 0.2) is 0 Å². The van der Waals surface area contributed by atoms with Crippen LogP contribution in [0.4, 0.5) is 15.8 Å². The fraction of sp³-hybridized carbons (Fsp3) is 0.294. The summed E-state index contributed by atoms with van der Waals surface area (Å²) in [5, 5.41) is 0. The number of hydrogen-bond acceptors (Lipinski definition) is 2. The molecule has 2 aromatic carbocycles. The predicted molar refractivity (Wildman–Crippen MR) is 81.2 cm³/mol. The summed E-state index contributed by atoms with van der Waals surface area (Å²) in [6.45, 7) is 2.94. The van der Waals surface area contributed by atoms with E-state index < -0.39 is 0 Å². The molecule has 0 spiro atoms. The monoisotopic (exact) mass is 270 g/mol. The molecular formula is C17H19FN2. The van der Waals surface area contributed by atoms with E-state index in [1.165, 1.54) is 11.3 Å². The van der Waals surface area contributed by atoms with Gasteiger partial charge in [0.2, 0.25) is 0 Å². The Morgan fingerprint density at radius 2 is 2.05 bits per heavy atom. The zero-order chi connectivity index (χ0) is 14.1. The lowest BCUT2D eigenvalue weighted by Gasteiger charge is -2.37. The Kier molecular flexibility index (Phi) is 3.35. The lowest BCUT2D eigenvalue weighted by Crippen LogP contribution is -2.36. The molecule has 0 aliphatic carbocycles. The summed E-state index contributed by atoms with van der Waals surface area (Å²) < 4.78 is 13.6. The van der Waals surface area contributed by atoms with Crippen molar-refractivity contribution in [2.24, 2.45) is 0 Å². The number of nitrogens with zero attached hydrogens (tertiary/aromatic N) is 1. The molecule has 1 aliphatic heterocycles. The van der Waals surface area contributed by atoms with E-state index >= 15 is 0 Å². The van der Waals surface area contributed by atoms with Gasteiger partial charge in [0, 0.05) is 18.3 Å². The molecule has 3 rings (SSSR count). The van der Waals surface area contributed by atoms with Crippen molar-refractivity contribution in [3.8, 4) is 0 Å². The minimum Gasteiger partial charge on any atom is -0.396 e. The van der Waals surface area contributed by atoms with Crippen LogP contribution in [0.1, 0.15) is 24.5 Å². The number of anilines is 2. The highest BCUT2D eigenvalue weighted by Gasteiger charge is 2.22. The maximum absolute atomic E-state index is 13.6. The average Bonchev–Trinajstić information content (AvgIpc) is 2.46. The summed E-state index contributed by atoms with van der Waals surface area (Å²) in [7, 11) is 0. The van der Waals surface area contributed by atoms with Gasteiger partial charge in [0.25, 0.3) is 0 Å². The molecule has 20 heavy (non-hydrogen) atoms. The Morgan fingerprint density at radius 3 is 2.85 bits per heavy atom. The number of para-hydroxylation sites is 1. The Hall–Kier alpha value is -2.03. The molecule has 0 aromatic heterocycles. The van der Waals surface area contributed by atoms with Gasteiger partial charge in [-0.05, 0) is 49.1 Å². The molecular weight excluding hydrogens is 251 g/mol. The first-order valence-electron chi connectivity index (χ1n) is 7.03. The van der Waals surface area contributed by atoms with Crippen LogP contribution >= 0.6 is 0 Å². The lowest BCUT2D eigenvalue weighted by atomic mass is 9.96. The summed E-state index contributed by atoms with van der Waals surface area (Å²) in [5.41, 5.74) is 9.35. The van der Waals surface area contributed by atoms with Gasteiger partial charge in [-0.25, -0.2) is 4.39 Å². The van der Waals surface area contributed by atoms with Crippen LogP contribution < -0.4 is 10.6 Å². The van der Waals surface area contributed by atoms with E-state index in [0.717, 1.165) is 24.9 Å². The molecule has 2 aromatic rings. The molecule has 2 nitrogen and oxygen atoms in total. The van der Waals surface area contributed by atoms with E-state index in [9.17, 15) is 4.39 Å². The van der Waals surface area contributed by atoms with E-state index in [2.05, 4.69) is 36.1 Å². The molecule has 0 amide bonds. The Morgan fingerprint density at radius 1 is 1.25 bits per heavy atom. The van der Waals surface area contributed by atoms with Crippen LogP contribution in [0.15, 0.2) is 42.5 Å². The highest BCUT2D eigenvalue weighted by Crippen LogP contribution is 2.31. The summed E-state index contributed by atoms with van der Waals surface area (Å²) in [6.07, 6.45) is 2.25. The topological polar surface area (TPSA) is 29.3 Å². The number of aryl methyl sites for hydroxylation is 1. The second-order valence-electron chi connectivity index (χ2n) is 5.50. The minimum atomic E-state index is -0.333. The van der Waals surface area contributed by atoms with Gasteiger partial charge in [0.05, 0.1) is 5.69 Å². The normalized spacial score (nSPS) is 17.9. The first-order chi connectivity index (χ1) is 9.65. The van der Waals surface area contributed by atoms with E-state index in [-0.39, 0.29) is 11.5 Å². The van der Waals surface area contributed by atoms with Crippen LogP contribution in [-0.2, 0) is 13.0 Å². The van der Waals surface area contributed by atoms with Crippen LogP contribution in [0, 0.1) is 5.82 Å². The summed E-state index contributed by atoms with van der Waals surface area (Å²) in [4.78, 5) is 2.35. The first-order valence-corrected chi connectivity index (χ1v) is 7.03. The van der Waals surface area contributed by atoms with Crippen molar-refractivity contribution in [2.75, 3.05) is 10.6 Å². The number of nitrogen functional groups attached to an aromatic ring is 1. The molecule has 3 heteroatoms. The number of nitrogens with two attached hydrogens (primary N) is 1. The van der Waals surface area contributed by atoms with Crippen molar-refractivity contribution >= 4 is 11.4 Å². The third kappa shape index (κ3) is 2.36. The summed E-state index contributed by atoms with van der Waals surface area (Å²) in [6, 6.07) is 14.0. The van der Waals surface area contributed by atoms with Gasteiger partial charge in [-0.15, -0.1) is 0 Å². The lowest BCUT2D eigenvalue weighted by molar-refractivity contribution is 0.558. The van der Waals surface area contributed by atoms with Gasteiger partial charge >= 0.3 is 0 Å². The van der Waals surface area contributed by atoms with Crippen LogP contribution in [0.5, 0.6) is 0 Å². The van der Waals surface area contributed by atoms with E-state index in [1.807, 2.05) is 6.07 Å². The second kappa shape index (κ2) is 5.16. The van der Waals surface area contributed by atoms with Gasteiger partial charge in [-0.1, -0.05) is 24.3 Å². The quantitative estimate of drug-likeness (QED) is 0.842. The number of hydrogen-bond donors (Lipinski definition) is 1. The summed E-state index contributed by atoms with van der Waals surface area (Å²) in [5.74, 6) is -0.333. The van der Waals surface area contributed by atoms with E-state index in [0.29, 0.717) is 6.04 Å². The van der Waals surface area contributed by atoms with Crippen molar-refractivity contribution in [2.45, 2.75) is 32.4 Å². The standard InChI is InChI=1S/C17H19FN2/c1-12-6-8-14-4-2-3-5-17(14)20(12)11-13-7-9-16(19)15(18)10-13/h2-5,7,9-10,12H,6,8,11,19H2,1H3. The third-order valence-corrected chi connectivity index (χ3v) is 4.08.